The number of hydrogen-bond donors (Lipinski definition) is 2. The molecule has 1 saturated heterocycles. The number of methoxy groups -OCH3 is 1. The number of nitrogens with zero attached hydrogens (tertiary/aromatic N) is 2. The molecule has 30 heavy (non-hydrogen) atoms. The average Bonchev–Trinajstić information content (AvgIpc) is 2.82. The summed E-state index contributed by atoms with van der Waals surface area (Å²) in [6.45, 7) is 8.47. The van der Waals surface area contributed by atoms with Gasteiger partial charge in [0.05, 0.1) is 7.11 Å². The molecule has 7 heteroatoms. The largest absolute Gasteiger partial charge is 0.497 e. The number of allylic oxidation sites excluding steroid dienone is 3. The lowest BCUT2D eigenvalue weighted by molar-refractivity contribution is -0.127. The quantitative estimate of drug-likeness (QED) is 0.325. The number of hydrogen-bond acceptors (Lipinski definition) is 5. The van der Waals surface area contributed by atoms with Gasteiger partial charge in [-0.15, -0.1) is 12.6 Å². The summed E-state index contributed by atoms with van der Waals surface area (Å²) in [6.07, 6.45) is 5.52. The molecule has 0 saturated carbocycles. The molecule has 1 aromatic rings. The van der Waals surface area contributed by atoms with Crippen molar-refractivity contribution in [3.05, 3.63) is 58.9 Å². The molecule has 1 amide bonds. The number of aromatic nitrogens is 1. The maximum absolute atomic E-state index is 12.9. The molecular formula is C23H31N3O3S. The number of piperazine rings is 1. The minimum absolute atomic E-state index is 0.246. The number of ether oxygens (including phenoxy) is 1. The number of aryl methyl sites for hydroxylation is 1. The SMILES string of the molecule is C/C=C(C)/C=C(\S)c1ccc(OC)cc(C(=O)C(=O)N2CCN(C)CC2)c[nH]c1C. The Hall–Kier alpha value is -2.51. The highest BCUT2D eigenvalue weighted by Crippen LogP contribution is 2.23. The molecule has 1 fully saturated rings. The van der Waals surface area contributed by atoms with E-state index in [4.69, 9.17) is 4.74 Å². The molecule has 2 rings (SSSR count). The standard InChI is InChI=1S/C23H31N3O3S/c1-6-16(2)13-21(30)20-8-7-19(29-5)14-18(15-24-17(20)3)22(27)23(28)26-11-9-25(4)10-12-26/h6-8,13-15,24,30H,9-12H2,1-5H3/b8-7?,16-6+,18-15?,19-14?,20-17?,21-13-. The first kappa shape index (κ1) is 23.8. The summed E-state index contributed by atoms with van der Waals surface area (Å²) in [5, 5.41) is 0. The van der Waals surface area contributed by atoms with Crippen LogP contribution in [-0.2, 0) is 4.79 Å². The van der Waals surface area contributed by atoms with E-state index in [0.717, 1.165) is 34.8 Å². The van der Waals surface area contributed by atoms with Crippen molar-refractivity contribution in [2.45, 2.75) is 20.8 Å². The maximum atomic E-state index is 12.9. The number of amides is 1. The van der Waals surface area contributed by atoms with Gasteiger partial charge in [-0.05, 0) is 52.1 Å². The van der Waals surface area contributed by atoms with E-state index in [9.17, 15) is 9.59 Å². The molecule has 1 aromatic heterocycles. The summed E-state index contributed by atoms with van der Waals surface area (Å²) in [7, 11) is 3.53. The van der Waals surface area contributed by atoms with Crippen molar-refractivity contribution in [2.24, 2.45) is 0 Å². The number of carbonyl (C=O) groups is 2. The van der Waals surface area contributed by atoms with Crippen molar-refractivity contribution in [3.63, 3.8) is 0 Å². The van der Waals surface area contributed by atoms with Gasteiger partial charge in [-0.25, -0.2) is 0 Å². The van der Waals surface area contributed by atoms with E-state index >= 15 is 0 Å². The van der Waals surface area contributed by atoms with Crippen LogP contribution in [0, 0.1) is 6.92 Å². The van der Waals surface area contributed by atoms with Crippen LogP contribution in [0.4, 0.5) is 0 Å². The minimum atomic E-state index is -0.558. The summed E-state index contributed by atoms with van der Waals surface area (Å²) in [6, 6.07) is 5.22. The lowest BCUT2D eigenvalue weighted by Gasteiger charge is -2.31. The van der Waals surface area contributed by atoms with Gasteiger partial charge in [0.2, 0.25) is 0 Å². The average molecular weight is 430 g/mol. The molecule has 0 unspecified atom stereocenters. The van der Waals surface area contributed by atoms with Crippen LogP contribution in [-0.4, -0.2) is 66.8 Å². The van der Waals surface area contributed by atoms with Gasteiger partial charge in [-0.1, -0.05) is 11.6 Å². The van der Waals surface area contributed by atoms with Crippen molar-refractivity contribution >= 4 is 29.2 Å². The normalized spacial score (nSPS) is 15.6. The summed E-state index contributed by atoms with van der Waals surface area (Å²) < 4.78 is 5.41. The number of ketones is 1. The van der Waals surface area contributed by atoms with E-state index in [2.05, 4.69) is 22.5 Å². The zero-order chi connectivity index (χ0) is 22.3. The zero-order valence-corrected chi connectivity index (χ0v) is 19.3. The zero-order valence-electron chi connectivity index (χ0n) is 18.4. The first-order valence-electron chi connectivity index (χ1n) is 9.94. The summed E-state index contributed by atoms with van der Waals surface area (Å²) >= 11 is 4.63. The fourth-order valence-corrected chi connectivity index (χ4v) is 3.43. The lowest BCUT2D eigenvalue weighted by Crippen LogP contribution is -2.49. The molecule has 2 heterocycles. The maximum Gasteiger partial charge on any atom is 0.295 e. The third kappa shape index (κ3) is 6.24. The smallest absolute Gasteiger partial charge is 0.295 e. The molecule has 1 aliphatic heterocycles. The number of thiol groups is 1. The Bertz CT molecular complexity index is 908. The van der Waals surface area contributed by atoms with Gasteiger partial charge in [-0.3, -0.25) is 9.59 Å². The Labute approximate surface area is 184 Å². The number of likely N-dealkylation sites (N-methyl/N-ethyl adjacent to an activating group) is 1. The second-order valence-corrected chi connectivity index (χ2v) is 7.84. The van der Waals surface area contributed by atoms with Crippen LogP contribution in [0.1, 0.15) is 35.5 Å². The van der Waals surface area contributed by atoms with Crippen molar-refractivity contribution in [3.8, 4) is 5.75 Å². The van der Waals surface area contributed by atoms with Crippen LogP contribution in [0.3, 0.4) is 0 Å². The third-order valence-electron chi connectivity index (χ3n) is 5.14. The van der Waals surface area contributed by atoms with Crippen LogP contribution in [0.15, 0.2) is 42.1 Å². The van der Waals surface area contributed by atoms with Gasteiger partial charge < -0.3 is 19.5 Å². The fourth-order valence-electron chi connectivity index (χ4n) is 2.99. The number of aromatic amines is 1. The number of nitrogens with one attached hydrogen (secondary N) is 1. The molecule has 1 aliphatic rings. The number of rotatable bonds is 5. The second-order valence-electron chi connectivity index (χ2n) is 7.35. The molecule has 0 atom stereocenters. The summed E-state index contributed by atoms with van der Waals surface area (Å²) in [5.74, 6) is -0.581. The highest BCUT2D eigenvalue weighted by molar-refractivity contribution is 7.90. The van der Waals surface area contributed by atoms with Crippen LogP contribution in [0.2, 0.25) is 0 Å². The van der Waals surface area contributed by atoms with E-state index in [1.165, 1.54) is 7.11 Å². The lowest BCUT2D eigenvalue weighted by atomic mass is 10.1. The van der Waals surface area contributed by atoms with Crippen LogP contribution in [0.25, 0.3) is 4.91 Å². The molecular weight excluding hydrogens is 398 g/mol. The van der Waals surface area contributed by atoms with E-state index in [1.54, 1.807) is 23.2 Å². The Kier molecular flexibility index (Phi) is 8.74. The third-order valence-corrected chi connectivity index (χ3v) is 5.51. The highest BCUT2D eigenvalue weighted by atomic mass is 32.1. The minimum Gasteiger partial charge on any atom is -0.497 e. The monoisotopic (exact) mass is 429 g/mol. The summed E-state index contributed by atoms with van der Waals surface area (Å²) in [5.41, 5.74) is 2.99. The van der Waals surface area contributed by atoms with Crippen molar-refractivity contribution in [1.82, 2.24) is 14.8 Å². The van der Waals surface area contributed by atoms with Gasteiger partial charge in [0.15, 0.2) is 0 Å². The molecule has 162 valence electrons. The van der Waals surface area contributed by atoms with Crippen LogP contribution in [0.5, 0.6) is 5.75 Å². The van der Waals surface area contributed by atoms with Gasteiger partial charge in [0.25, 0.3) is 11.7 Å². The molecule has 0 bridgehead atoms. The second kappa shape index (κ2) is 11.0. The van der Waals surface area contributed by atoms with Gasteiger partial charge in [0, 0.05) is 54.1 Å². The number of H-pyrrole nitrogens is 1. The van der Waals surface area contributed by atoms with E-state index in [0.29, 0.717) is 18.8 Å². The predicted octanol–water partition coefficient (Wildman–Crippen LogP) is 3.65. The molecule has 6 nitrogen and oxygen atoms in total. The molecule has 0 radical (unpaired) electrons. The topological polar surface area (TPSA) is 65.6 Å². The van der Waals surface area contributed by atoms with Gasteiger partial charge in [-0.2, -0.15) is 0 Å². The Morgan fingerprint density at radius 2 is 1.87 bits per heavy atom. The molecule has 0 spiro atoms. The van der Waals surface area contributed by atoms with Crippen molar-refractivity contribution in [1.29, 1.82) is 0 Å². The Morgan fingerprint density at radius 1 is 1.20 bits per heavy atom. The Morgan fingerprint density at radius 3 is 2.47 bits per heavy atom. The van der Waals surface area contributed by atoms with Gasteiger partial charge >= 0.3 is 0 Å². The first-order valence-corrected chi connectivity index (χ1v) is 10.4. The van der Waals surface area contributed by atoms with Crippen LogP contribution >= 0.6 is 12.6 Å². The predicted molar refractivity (Wildman–Crippen MR) is 125 cm³/mol. The summed E-state index contributed by atoms with van der Waals surface area (Å²) in [4.78, 5) is 33.4. The fraction of sp³-hybridized carbons (Fsp3) is 0.391. The molecule has 0 aromatic carbocycles. The molecule has 0 aliphatic carbocycles. The number of carbonyl (C=O) groups excluding carboxylic acids is 2. The van der Waals surface area contributed by atoms with E-state index in [1.807, 2.05) is 46.0 Å². The first-order chi connectivity index (χ1) is 14.3. The van der Waals surface area contributed by atoms with E-state index in [-0.39, 0.29) is 5.56 Å². The Balaban J connectivity index is 2.47. The molecule has 1 N–H and O–H groups in total. The van der Waals surface area contributed by atoms with Crippen molar-refractivity contribution < 1.29 is 14.3 Å². The number of Topliss-reactive ketones (excluding diaryl/α,β-unsaturated/α-hetero) is 1. The van der Waals surface area contributed by atoms with Gasteiger partial charge in [0.1, 0.15) is 5.75 Å². The van der Waals surface area contributed by atoms with Crippen molar-refractivity contribution in [2.75, 3.05) is 40.3 Å². The van der Waals surface area contributed by atoms with E-state index < -0.39 is 11.7 Å². The highest BCUT2D eigenvalue weighted by Gasteiger charge is 2.26. The van der Waals surface area contributed by atoms with Crippen LogP contribution < -0.4 is 4.74 Å².